The minimum Gasteiger partial charge on any atom is -0.316 e. The molecule has 1 aromatic carbocycles. The van der Waals surface area contributed by atoms with E-state index in [0.717, 1.165) is 6.17 Å². The van der Waals surface area contributed by atoms with Gasteiger partial charge >= 0.3 is 0 Å². The van der Waals surface area contributed by atoms with Crippen LogP contribution in [0.2, 0.25) is 13.1 Å². The van der Waals surface area contributed by atoms with Gasteiger partial charge in [0.1, 0.15) is 0 Å². The highest BCUT2D eigenvalue weighted by molar-refractivity contribution is 7.91. The third-order valence-corrected chi connectivity index (χ3v) is 8.26. The Kier molecular flexibility index (Phi) is 5.76. The first-order valence-corrected chi connectivity index (χ1v) is 11.8. The molecule has 1 rings (SSSR count). The van der Waals surface area contributed by atoms with E-state index in [9.17, 15) is 8.42 Å². The second kappa shape index (κ2) is 6.68. The third-order valence-electron chi connectivity index (χ3n) is 3.39. The van der Waals surface area contributed by atoms with Crippen molar-refractivity contribution in [1.82, 2.24) is 5.32 Å². The summed E-state index contributed by atoms with van der Waals surface area (Å²) in [6, 6.07) is 10.5. The largest absolute Gasteiger partial charge is 0.316 e. The molecule has 0 aliphatic heterocycles. The predicted octanol–water partition coefficient (Wildman–Crippen LogP) is 1.55. The van der Waals surface area contributed by atoms with E-state index in [-0.39, 0.29) is 17.5 Å². The van der Waals surface area contributed by atoms with Crippen molar-refractivity contribution >= 4 is 23.1 Å². The maximum atomic E-state index is 11.6. The van der Waals surface area contributed by atoms with Crippen molar-refractivity contribution in [2.45, 2.75) is 33.0 Å². The van der Waals surface area contributed by atoms with Crippen LogP contribution < -0.4 is 10.5 Å². The van der Waals surface area contributed by atoms with Crippen LogP contribution in [-0.4, -0.2) is 40.2 Å². The molecule has 0 spiro atoms. The summed E-state index contributed by atoms with van der Waals surface area (Å²) in [5.74, 6) is 0.446. The Labute approximate surface area is 118 Å². The first-order chi connectivity index (χ1) is 8.77. The van der Waals surface area contributed by atoms with Gasteiger partial charge in [0.05, 0.1) is 13.8 Å². The molecule has 1 atom stereocenters. The Morgan fingerprint density at radius 1 is 1.21 bits per heavy atom. The standard InChI is InChI=1S/C14H25NO2SSi/c1-5-18(16,17)11-13(2)15-12-19(3,4)14-9-7-6-8-10-14/h6-10,13,15H,5,11-12H2,1-4H3/t13-/m0/s1. The first kappa shape index (κ1) is 16.4. The van der Waals surface area contributed by atoms with Crippen LogP contribution in [0.5, 0.6) is 0 Å². The topological polar surface area (TPSA) is 46.2 Å². The molecule has 0 amide bonds. The normalized spacial score (nSPS) is 14.3. The third kappa shape index (κ3) is 5.46. The smallest absolute Gasteiger partial charge is 0.151 e. The summed E-state index contributed by atoms with van der Waals surface area (Å²) in [5, 5.41) is 4.79. The number of sulfone groups is 1. The van der Waals surface area contributed by atoms with Gasteiger partial charge in [0.15, 0.2) is 9.84 Å². The summed E-state index contributed by atoms with van der Waals surface area (Å²) in [6.07, 6.45) is 0.900. The summed E-state index contributed by atoms with van der Waals surface area (Å²) < 4.78 is 23.2. The van der Waals surface area contributed by atoms with Gasteiger partial charge in [-0.3, -0.25) is 0 Å². The lowest BCUT2D eigenvalue weighted by atomic mass is 10.4. The lowest BCUT2D eigenvalue weighted by Gasteiger charge is -2.25. The fraction of sp³-hybridized carbons (Fsp3) is 0.571. The van der Waals surface area contributed by atoms with Gasteiger partial charge in [-0.05, 0) is 13.1 Å². The highest BCUT2D eigenvalue weighted by Crippen LogP contribution is 2.03. The van der Waals surface area contributed by atoms with Crippen LogP contribution in [-0.2, 0) is 9.84 Å². The van der Waals surface area contributed by atoms with Gasteiger partial charge in [0, 0.05) is 11.8 Å². The van der Waals surface area contributed by atoms with Gasteiger partial charge < -0.3 is 5.32 Å². The average Bonchev–Trinajstić information content (AvgIpc) is 2.37. The molecule has 0 aliphatic rings. The van der Waals surface area contributed by atoms with Gasteiger partial charge in [-0.1, -0.05) is 55.5 Å². The Morgan fingerprint density at radius 3 is 2.32 bits per heavy atom. The lowest BCUT2D eigenvalue weighted by molar-refractivity contribution is 0.575. The molecule has 0 fully saturated rings. The van der Waals surface area contributed by atoms with Crippen molar-refractivity contribution in [2.75, 3.05) is 17.7 Å². The fourth-order valence-corrected chi connectivity index (χ4v) is 5.25. The highest BCUT2D eigenvalue weighted by Gasteiger charge is 2.24. The van der Waals surface area contributed by atoms with Crippen molar-refractivity contribution in [2.24, 2.45) is 0 Å². The van der Waals surface area contributed by atoms with Crippen molar-refractivity contribution in [1.29, 1.82) is 0 Å². The number of benzene rings is 1. The van der Waals surface area contributed by atoms with Crippen molar-refractivity contribution in [3.05, 3.63) is 30.3 Å². The van der Waals surface area contributed by atoms with Crippen molar-refractivity contribution in [3.8, 4) is 0 Å². The average molecular weight is 300 g/mol. The minimum absolute atomic E-state index is 0.0143. The van der Waals surface area contributed by atoms with E-state index >= 15 is 0 Å². The number of hydrogen-bond donors (Lipinski definition) is 1. The summed E-state index contributed by atoms with van der Waals surface area (Å²) >= 11 is 0. The summed E-state index contributed by atoms with van der Waals surface area (Å²) in [7, 11) is -4.43. The van der Waals surface area contributed by atoms with Crippen molar-refractivity contribution < 1.29 is 8.42 Å². The molecule has 0 radical (unpaired) electrons. The van der Waals surface area contributed by atoms with Gasteiger partial charge in [-0.2, -0.15) is 0 Å². The SMILES string of the molecule is CCS(=O)(=O)C[C@H](C)NC[Si](C)(C)c1ccccc1. The van der Waals surface area contributed by atoms with Crippen LogP contribution in [0.4, 0.5) is 0 Å². The van der Waals surface area contributed by atoms with Gasteiger partial charge in [-0.15, -0.1) is 0 Å². The Balaban J connectivity index is 2.57. The van der Waals surface area contributed by atoms with Crippen molar-refractivity contribution in [3.63, 3.8) is 0 Å². The summed E-state index contributed by atoms with van der Waals surface area (Å²) in [4.78, 5) is 0. The molecule has 19 heavy (non-hydrogen) atoms. The Bertz CT molecular complexity index is 485. The molecule has 1 N–H and O–H groups in total. The van der Waals surface area contributed by atoms with Gasteiger partial charge in [-0.25, -0.2) is 8.42 Å². The molecule has 108 valence electrons. The monoisotopic (exact) mass is 299 g/mol. The maximum Gasteiger partial charge on any atom is 0.151 e. The van der Waals surface area contributed by atoms with E-state index in [1.54, 1.807) is 6.92 Å². The molecule has 5 heteroatoms. The molecule has 3 nitrogen and oxygen atoms in total. The zero-order chi connectivity index (χ0) is 14.5. The quantitative estimate of drug-likeness (QED) is 0.777. The zero-order valence-corrected chi connectivity index (χ0v) is 14.1. The van der Waals surface area contributed by atoms with E-state index in [4.69, 9.17) is 0 Å². The molecule has 0 bridgehead atoms. The highest BCUT2D eigenvalue weighted by atomic mass is 32.2. The van der Waals surface area contributed by atoms with E-state index in [1.807, 2.05) is 13.0 Å². The summed E-state index contributed by atoms with van der Waals surface area (Å²) in [6.45, 7) is 8.25. The van der Waals surface area contributed by atoms with Crippen LogP contribution >= 0.6 is 0 Å². The van der Waals surface area contributed by atoms with E-state index < -0.39 is 17.9 Å². The van der Waals surface area contributed by atoms with Crippen LogP contribution in [0.1, 0.15) is 13.8 Å². The van der Waals surface area contributed by atoms with E-state index in [0.29, 0.717) is 0 Å². The summed E-state index contributed by atoms with van der Waals surface area (Å²) in [5.41, 5.74) is 0. The molecule has 0 aromatic heterocycles. The Morgan fingerprint density at radius 2 is 1.79 bits per heavy atom. The fourth-order valence-electron chi connectivity index (χ4n) is 1.98. The minimum atomic E-state index is -2.90. The number of rotatable bonds is 7. The van der Waals surface area contributed by atoms with Crippen LogP contribution in [0.3, 0.4) is 0 Å². The van der Waals surface area contributed by atoms with E-state index in [2.05, 4.69) is 42.7 Å². The second-order valence-electron chi connectivity index (χ2n) is 5.73. The van der Waals surface area contributed by atoms with Crippen LogP contribution in [0, 0.1) is 0 Å². The molecular formula is C14H25NO2SSi. The molecule has 1 aromatic rings. The van der Waals surface area contributed by atoms with Gasteiger partial charge in [0.2, 0.25) is 0 Å². The van der Waals surface area contributed by atoms with Gasteiger partial charge in [0.25, 0.3) is 0 Å². The van der Waals surface area contributed by atoms with E-state index in [1.165, 1.54) is 5.19 Å². The lowest BCUT2D eigenvalue weighted by Crippen LogP contribution is -2.53. The number of hydrogen-bond acceptors (Lipinski definition) is 3. The zero-order valence-electron chi connectivity index (χ0n) is 12.3. The number of nitrogens with one attached hydrogen (secondary N) is 1. The maximum absolute atomic E-state index is 11.6. The molecule has 0 aliphatic carbocycles. The molecule has 0 saturated carbocycles. The molecule has 0 unspecified atom stereocenters. The predicted molar refractivity (Wildman–Crippen MR) is 85.4 cm³/mol. The van der Waals surface area contributed by atoms with Crippen LogP contribution in [0.15, 0.2) is 30.3 Å². The Hall–Kier alpha value is -0.653. The molecule has 0 heterocycles. The molecule has 0 saturated heterocycles. The second-order valence-corrected chi connectivity index (χ2v) is 12.8. The first-order valence-electron chi connectivity index (χ1n) is 6.76. The van der Waals surface area contributed by atoms with Crippen LogP contribution in [0.25, 0.3) is 0 Å². The molecular weight excluding hydrogens is 274 g/mol.